The minimum absolute atomic E-state index is 0.0925. The molecule has 31 heavy (non-hydrogen) atoms. The Kier molecular flexibility index (Phi) is 5.67. The van der Waals surface area contributed by atoms with Gasteiger partial charge in [-0.25, -0.2) is 9.37 Å². The van der Waals surface area contributed by atoms with Gasteiger partial charge in [-0.2, -0.15) is 0 Å². The zero-order chi connectivity index (χ0) is 22.1. The van der Waals surface area contributed by atoms with Crippen molar-refractivity contribution in [2.24, 2.45) is 0 Å². The van der Waals surface area contributed by atoms with Gasteiger partial charge in [-0.3, -0.25) is 4.79 Å². The van der Waals surface area contributed by atoms with Gasteiger partial charge in [0.15, 0.2) is 0 Å². The summed E-state index contributed by atoms with van der Waals surface area (Å²) in [6, 6.07) is 7.38. The maximum atomic E-state index is 14.5. The molecule has 0 unspecified atom stereocenters. The molecule has 160 valence electrons. The molecule has 3 aromatic rings. The van der Waals surface area contributed by atoms with Crippen LogP contribution >= 0.6 is 11.6 Å². The number of nitrogens with one attached hydrogen (secondary N) is 2. The van der Waals surface area contributed by atoms with E-state index in [4.69, 9.17) is 17.3 Å². The van der Waals surface area contributed by atoms with Gasteiger partial charge in [-0.15, -0.1) is 0 Å². The second kappa shape index (κ2) is 8.41. The number of β-amino-alcohol motifs (C(OH)–C–C–N with tert-alkyl or cyclic N) is 1. The molecule has 4 rings (SSSR count). The Hall–Kier alpha value is -3.36. The number of allylic oxidation sites excluding steroid dienone is 1. The van der Waals surface area contributed by atoms with Crippen LogP contribution in [0.5, 0.6) is 0 Å². The Labute approximate surface area is 183 Å². The number of hydrogen-bond acceptors (Lipinski definition) is 6. The number of hydrogen-bond donors (Lipinski definition) is 4. The summed E-state index contributed by atoms with van der Waals surface area (Å²) in [5.74, 6) is 0.272. The minimum Gasteiger partial charge on any atom is -0.389 e. The molecule has 9 heteroatoms. The van der Waals surface area contributed by atoms with Crippen LogP contribution in [0.3, 0.4) is 0 Å². The first-order valence-electron chi connectivity index (χ1n) is 9.67. The molecule has 2 aromatic heterocycles. The van der Waals surface area contributed by atoms with Crippen molar-refractivity contribution in [2.75, 3.05) is 29.0 Å². The maximum absolute atomic E-state index is 14.5. The summed E-state index contributed by atoms with van der Waals surface area (Å²) in [5.41, 5.74) is 7.65. The van der Waals surface area contributed by atoms with Crippen molar-refractivity contribution >= 4 is 40.7 Å². The molecule has 0 saturated carbocycles. The number of nitrogen functional groups attached to an aromatic ring is 1. The van der Waals surface area contributed by atoms with Crippen molar-refractivity contribution in [3.63, 3.8) is 0 Å². The first-order chi connectivity index (χ1) is 14.9. The standard InChI is InChI=1S/C22H21ClFN5O2/c1-2-3-14-18(6-7-26-20(14)25)27-19-9-16(15-8-12(23)4-5-17(15)24)22(31)28-21(19)29-10-13(30)11-29/h2-9,13,30H,10-11H2,1H3,(H,28,31)(H3,25,26,27)/b3-2-. The molecule has 1 aliphatic heterocycles. The SMILES string of the molecule is C/C=C\c1c(Nc2cc(-c3cc(Cl)ccc3F)c(=O)[nH]c2N2CC(O)C2)ccnc1N. The Morgan fingerprint density at radius 1 is 1.29 bits per heavy atom. The number of nitrogens with two attached hydrogens (primary N) is 1. The van der Waals surface area contributed by atoms with Gasteiger partial charge in [-0.05, 0) is 37.3 Å². The van der Waals surface area contributed by atoms with E-state index < -0.39 is 17.5 Å². The number of benzene rings is 1. The lowest BCUT2D eigenvalue weighted by molar-refractivity contribution is 0.141. The van der Waals surface area contributed by atoms with E-state index >= 15 is 0 Å². The Bertz CT molecular complexity index is 1220. The topological polar surface area (TPSA) is 107 Å². The molecule has 0 atom stereocenters. The molecule has 1 aromatic carbocycles. The third-order valence-electron chi connectivity index (χ3n) is 5.04. The fourth-order valence-electron chi connectivity index (χ4n) is 3.49. The van der Waals surface area contributed by atoms with E-state index in [9.17, 15) is 14.3 Å². The highest BCUT2D eigenvalue weighted by atomic mass is 35.5. The number of rotatable bonds is 5. The van der Waals surface area contributed by atoms with Crippen LogP contribution in [-0.2, 0) is 0 Å². The molecule has 3 heterocycles. The average molecular weight is 442 g/mol. The number of pyridine rings is 2. The van der Waals surface area contributed by atoms with E-state index in [0.29, 0.717) is 46.7 Å². The van der Waals surface area contributed by atoms with Crippen LogP contribution in [0.1, 0.15) is 12.5 Å². The number of nitrogens with zero attached hydrogens (tertiary/aromatic N) is 2. The molecule has 0 radical (unpaired) electrons. The lowest BCUT2D eigenvalue weighted by Gasteiger charge is -2.38. The van der Waals surface area contributed by atoms with Gasteiger partial charge in [0, 0.05) is 35.4 Å². The largest absolute Gasteiger partial charge is 0.389 e. The number of aliphatic hydroxyl groups is 1. The summed E-state index contributed by atoms with van der Waals surface area (Å²) < 4.78 is 14.5. The number of H-pyrrole nitrogens is 1. The average Bonchev–Trinajstić information content (AvgIpc) is 2.71. The van der Waals surface area contributed by atoms with E-state index in [1.165, 1.54) is 18.2 Å². The second-order valence-corrected chi connectivity index (χ2v) is 7.68. The van der Waals surface area contributed by atoms with Crippen molar-refractivity contribution in [1.82, 2.24) is 9.97 Å². The van der Waals surface area contributed by atoms with Gasteiger partial charge in [0.05, 0.1) is 23.0 Å². The summed E-state index contributed by atoms with van der Waals surface area (Å²) in [7, 11) is 0. The highest BCUT2D eigenvalue weighted by Gasteiger charge is 2.28. The molecule has 1 fully saturated rings. The van der Waals surface area contributed by atoms with Crippen LogP contribution in [-0.4, -0.2) is 34.3 Å². The molecule has 0 spiro atoms. The van der Waals surface area contributed by atoms with E-state index in [2.05, 4.69) is 15.3 Å². The van der Waals surface area contributed by atoms with Gasteiger partial charge in [0.1, 0.15) is 17.5 Å². The third kappa shape index (κ3) is 4.12. The summed E-state index contributed by atoms with van der Waals surface area (Å²) in [4.78, 5) is 21.6. The van der Waals surface area contributed by atoms with Crippen molar-refractivity contribution < 1.29 is 9.50 Å². The van der Waals surface area contributed by atoms with Crippen LogP contribution in [0.4, 0.5) is 27.4 Å². The molecule has 0 aliphatic carbocycles. The molecule has 1 aliphatic rings. The lowest BCUT2D eigenvalue weighted by atomic mass is 10.0. The van der Waals surface area contributed by atoms with E-state index in [-0.39, 0.29) is 11.1 Å². The smallest absolute Gasteiger partial charge is 0.257 e. The number of aromatic nitrogens is 2. The van der Waals surface area contributed by atoms with Crippen LogP contribution in [0.15, 0.2) is 47.4 Å². The molecular formula is C22H21ClFN5O2. The first-order valence-corrected chi connectivity index (χ1v) is 10.0. The summed E-state index contributed by atoms with van der Waals surface area (Å²) >= 11 is 6.03. The van der Waals surface area contributed by atoms with Crippen molar-refractivity contribution in [2.45, 2.75) is 13.0 Å². The molecule has 7 nitrogen and oxygen atoms in total. The number of aromatic amines is 1. The quantitative estimate of drug-likeness (QED) is 0.480. The van der Waals surface area contributed by atoms with Gasteiger partial charge >= 0.3 is 0 Å². The zero-order valence-electron chi connectivity index (χ0n) is 16.7. The predicted molar refractivity (Wildman–Crippen MR) is 122 cm³/mol. The van der Waals surface area contributed by atoms with Gasteiger partial charge in [-0.1, -0.05) is 23.8 Å². The number of anilines is 4. The summed E-state index contributed by atoms with van der Waals surface area (Å²) in [6.07, 6.45) is 4.75. The van der Waals surface area contributed by atoms with Crippen LogP contribution in [0.25, 0.3) is 17.2 Å². The summed E-state index contributed by atoms with van der Waals surface area (Å²) in [6.45, 7) is 2.61. The predicted octanol–water partition coefficient (Wildman–Crippen LogP) is 3.77. The monoisotopic (exact) mass is 441 g/mol. The van der Waals surface area contributed by atoms with E-state index in [1.807, 2.05) is 24.0 Å². The van der Waals surface area contributed by atoms with Crippen LogP contribution < -0.4 is 21.5 Å². The van der Waals surface area contributed by atoms with Gasteiger partial charge in [0.2, 0.25) is 0 Å². The van der Waals surface area contributed by atoms with E-state index in [0.717, 1.165) is 0 Å². The maximum Gasteiger partial charge on any atom is 0.257 e. The summed E-state index contributed by atoms with van der Waals surface area (Å²) in [5, 5.41) is 13.3. The molecule has 0 bridgehead atoms. The lowest BCUT2D eigenvalue weighted by Crippen LogP contribution is -2.51. The number of aliphatic hydroxyl groups excluding tert-OH is 1. The van der Waals surface area contributed by atoms with Crippen LogP contribution in [0.2, 0.25) is 5.02 Å². The molecule has 1 saturated heterocycles. The third-order valence-corrected chi connectivity index (χ3v) is 5.28. The van der Waals surface area contributed by atoms with Gasteiger partial charge < -0.3 is 26.0 Å². The fourth-order valence-corrected chi connectivity index (χ4v) is 3.66. The highest BCUT2D eigenvalue weighted by molar-refractivity contribution is 6.30. The van der Waals surface area contributed by atoms with Crippen LogP contribution in [0, 0.1) is 5.82 Å². The molecule has 0 amide bonds. The van der Waals surface area contributed by atoms with Crippen molar-refractivity contribution in [3.8, 4) is 11.1 Å². The van der Waals surface area contributed by atoms with E-state index in [1.54, 1.807) is 18.3 Å². The Balaban J connectivity index is 1.86. The Morgan fingerprint density at radius 3 is 2.77 bits per heavy atom. The molecule has 5 N–H and O–H groups in total. The zero-order valence-corrected chi connectivity index (χ0v) is 17.4. The fraction of sp³-hybridized carbons (Fsp3) is 0.182. The van der Waals surface area contributed by atoms with Gasteiger partial charge in [0.25, 0.3) is 5.56 Å². The molecular weight excluding hydrogens is 421 g/mol. The number of halogens is 2. The normalized spacial score (nSPS) is 14.1. The first kappa shape index (κ1) is 20.9. The highest BCUT2D eigenvalue weighted by Crippen LogP contribution is 2.35. The van der Waals surface area contributed by atoms with Crippen molar-refractivity contribution in [3.05, 3.63) is 69.4 Å². The second-order valence-electron chi connectivity index (χ2n) is 7.24. The minimum atomic E-state index is -0.560. The van der Waals surface area contributed by atoms with Crippen molar-refractivity contribution in [1.29, 1.82) is 0 Å². The Morgan fingerprint density at radius 2 is 2.06 bits per heavy atom.